The van der Waals surface area contributed by atoms with Crippen LogP contribution in [0.25, 0.3) is 34.3 Å². The number of carbonyl (C=O) groups excluding carboxylic acids is 1. The van der Waals surface area contributed by atoms with Crippen molar-refractivity contribution in [3.8, 4) is 34.3 Å². The Bertz CT molecular complexity index is 1750. The molecule has 1 aliphatic heterocycles. The minimum absolute atomic E-state index is 0.119. The Labute approximate surface area is 251 Å². The number of nitriles is 1. The van der Waals surface area contributed by atoms with Gasteiger partial charge in [0.15, 0.2) is 0 Å². The van der Waals surface area contributed by atoms with Gasteiger partial charge in [0.05, 0.1) is 11.4 Å². The molecule has 4 aromatic carbocycles. The van der Waals surface area contributed by atoms with Crippen LogP contribution >= 0.6 is 11.6 Å². The Morgan fingerprint density at radius 1 is 0.714 bits per heavy atom. The summed E-state index contributed by atoms with van der Waals surface area (Å²) in [7, 11) is 0. The molecule has 6 rings (SSSR count). The summed E-state index contributed by atoms with van der Waals surface area (Å²) in [6.07, 6.45) is 1.74. The largest absolute Gasteiger partial charge is 0.368 e. The van der Waals surface area contributed by atoms with Crippen LogP contribution in [0.5, 0.6) is 0 Å². The number of benzene rings is 4. The summed E-state index contributed by atoms with van der Waals surface area (Å²) in [5.41, 5.74) is 6.82. The number of halogens is 1. The van der Waals surface area contributed by atoms with Crippen LogP contribution in [0.15, 0.2) is 127 Å². The Morgan fingerprint density at radius 2 is 1.29 bits per heavy atom. The first-order valence-corrected chi connectivity index (χ1v) is 14.3. The third kappa shape index (κ3) is 5.58. The first kappa shape index (κ1) is 27.1. The monoisotopic (exact) mass is 568 g/mol. The third-order valence-corrected chi connectivity index (χ3v) is 7.82. The van der Waals surface area contributed by atoms with Crippen LogP contribution in [0, 0.1) is 11.3 Å². The number of anilines is 1. The maximum Gasteiger partial charge on any atom is 0.264 e. The Kier molecular flexibility index (Phi) is 7.89. The fourth-order valence-electron chi connectivity index (χ4n) is 5.49. The van der Waals surface area contributed by atoms with E-state index < -0.39 is 0 Å². The van der Waals surface area contributed by atoms with Gasteiger partial charge < -0.3 is 14.4 Å². The van der Waals surface area contributed by atoms with Crippen molar-refractivity contribution in [2.75, 3.05) is 31.1 Å². The van der Waals surface area contributed by atoms with Crippen LogP contribution in [-0.2, 0) is 4.79 Å². The van der Waals surface area contributed by atoms with Crippen LogP contribution in [-0.4, -0.2) is 41.6 Å². The van der Waals surface area contributed by atoms with Crippen molar-refractivity contribution in [1.82, 2.24) is 9.47 Å². The molecule has 2 heterocycles. The van der Waals surface area contributed by atoms with E-state index in [4.69, 9.17) is 11.6 Å². The molecule has 1 amide bonds. The maximum atomic E-state index is 13.7. The zero-order valence-corrected chi connectivity index (χ0v) is 23.8. The summed E-state index contributed by atoms with van der Waals surface area (Å²) < 4.78 is 2.17. The molecule has 0 radical (unpaired) electrons. The van der Waals surface area contributed by atoms with E-state index in [0.717, 1.165) is 52.5 Å². The van der Waals surface area contributed by atoms with Gasteiger partial charge in [-0.25, -0.2) is 0 Å². The van der Waals surface area contributed by atoms with Crippen LogP contribution < -0.4 is 4.90 Å². The molecular weight excluding hydrogens is 540 g/mol. The zero-order valence-electron chi connectivity index (χ0n) is 23.0. The number of rotatable bonds is 6. The van der Waals surface area contributed by atoms with Gasteiger partial charge in [0.1, 0.15) is 11.6 Å². The van der Waals surface area contributed by atoms with Gasteiger partial charge in [0, 0.05) is 48.1 Å². The van der Waals surface area contributed by atoms with E-state index in [1.165, 1.54) is 0 Å². The molecule has 206 valence electrons. The Morgan fingerprint density at radius 3 is 1.88 bits per heavy atom. The molecule has 0 spiro atoms. The number of carbonyl (C=O) groups is 1. The average molecular weight is 569 g/mol. The van der Waals surface area contributed by atoms with E-state index in [1.807, 2.05) is 91.0 Å². The van der Waals surface area contributed by atoms with Crippen molar-refractivity contribution in [3.63, 3.8) is 0 Å². The summed E-state index contributed by atoms with van der Waals surface area (Å²) in [6, 6.07) is 42.4. The van der Waals surface area contributed by atoms with Crippen molar-refractivity contribution in [2.45, 2.75) is 0 Å². The number of aromatic nitrogens is 1. The van der Waals surface area contributed by atoms with Crippen LogP contribution in [0.3, 0.4) is 0 Å². The third-order valence-electron chi connectivity index (χ3n) is 7.57. The van der Waals surface area contributed by atoms with E-state index >= 15 is 0 Å². The molecule has 6 heteroatoms. The number of nitrogens with zero attached hydrogens (tertiary/aromatic N) is 4. The quantitative estimate of drug-likeness (QED) is 0.156. The van der Waals surface area contributed by atoms with Gasteiger partial charge in [-0.15, -0.1) is 0 Å². The van der Waals surface area contributed by atoms with Crippen LogP contribution in [0.4, 0.5) is 5.69 Å². The van der Waals surface area contributed by atoms with Gasteiger partial charge in [-0.2, -0.15) is 5.26 Å². The Hall–Kier alpha value is -5.05. The molecule has 0 unspecified atom stereocenters. The number of hydrogen-bond donors (Lipinski definition) is 0. The van der Waals surface area contributed by atoms with Gasteiger partial charge in [-0.05, 0) is 59.7 Å². The second kappa shape index (κ2) is 12.2. The van der Waals surface area contributed by atoms with E-state index in [1.54, 1.807) is 11.0 Å². The molecule has 5 aromatic rings. The van der Waals surface area contributed by atoms with Crippen molar-refractivity contribution in [2.24, 2.45) is 0 Å². The summed E-state index contributed by atoms with van der Waals surface area (Å²) in [6.45, 7) is 2.54. The average Bonchev–Trinajstić information content (AvgIpc) is 3.44. The smallest absolute Gasteiger partial charge is 0.264 e. The highest BCUT2D eigenvalue weighted by Crippen LogP contribution is 2.37. The predicted octanol–water partition coefficient (Wildman–Crippen LogP) is 7.72. The van der Waals surface area contributed by atoms with Crippen molar-refractivity contribution < 1.29 is 4.79 Å². The standard InChI is InChI=1S/C36H29ClN4O/c37-31-16-18-33(19-17-31)41-34(27-10-4-1-5-11-27)25-29(35(41)28-12-6-2-7-13-28)24-30(26-38)36(42)40-22-20-39(21-23-40)32-14-8-3-9-15-32/h1-19,24-25H,20-23H2/b30-24+. The lowest BCUT2D eigenvalue weighted by atomic mass is 10.0. The zero-order chi connectivity index (χ0) is 28.9. The van der Waals surface area contributed by atoms with Crippen molar-refractivity contribution in [1.29, 1.82) is 5.26 Å². The number of piperazine rings is 1. The first-order valence-electron chi connectivity index (χ1n) is 14.0. The van der Waals surface area contributed by atoms with Crippen molar-refractivity contribution in [3.05, 3.63) is 137 Å². The summed E-state index contributed by atoms with van der Waals surface area (Å²) in [5, 5.41) is 10.9. The number of hydrogen-bond acceptors (Lipinski definition) is 3. The van der Waals surface area contributed by atoms with E-state index in [2.05, 4.69) is 45.9 Å². The highest BCUT2D eigenvalue weighted by Gasteiger charge is 2.25. The van der Waals surface area contributed by atoms with Gasteiger partial charge in [0.25, 0.3) is 5.91 Å². The molecule has 0 N–H and O–H groups in total. The maximum absolute atomic E-state index is 13.7. The summed E-state index contributed by atoms with van der Waals surface area (Å²) in [5.74, 6) is -0.246. The summed E-state index contributed by atoms with van der Waals surface area (Å²) >= 11 is 6.26. The minimum atomic E-state index is -0.246. The normalized spacial score (nSPS) is 13.6. The molecule has 0 atom stereocenters. The second-order valence-electron chi connectivity index (χ2n) is 10.2. The van der Waals surface area contributed by atoms with Gasteiger partial charge in [-0.3, -0.25) is 4.79 Å². The van der Waals surface area contributed by atoms with Gasteiger partial charge >= 0.3 is 0 Å². The fraction of sp³-hybridized carbons (Fsp3) is 0.111. The molecule has 1 saturated heterocycles. The van der Waals surface area contributed by atoms with E-state index in [0.29, 0.717) is 18.1 Å². The van der Waals surface area contributed by atoms with Gasteiger partial charge in [0.2, 0.25) is 0 Å². The molecule has 0 saturated carbocycles. The van der Waals surface area contributed by atoms with E-state index in [-0.39, 0.29) is 11.5 Å². The highest BCUT2D eigenvalue weighted by atomic mass is 35.5. The number of para-hydroxylation sites is 1. The molecule has 1 aliphatic rings. The lowest BCUT2D eigenvalue weighted by Gasteiger charge is -2.36. The van der Waals surface area contributed by atoms with Crippen LogP contribution in [0.1, 0.15) is 5.56 Å². The lowest BCUT2D eigenvalue weighted by Crippen LogP contribution is -2.49. The minimum Gasteiger partial charge on any atom is -0.368 e. The van der Waals surface area contributed by atoms with Crippen LogP contribution in [0.2, 0.25) is 5.02 Å². The summed E-state index contributed by atoms with van der Waals surface area (Å²) in [4.78, 5) is 17.7. The molecule has 0 bridgehead atoms. The molecule has 0 aliphatic carbocycles. The molecule has 42 heavy (non-hydrogen) atoms. The van der Waals surface area contributed by atoms with Gasteiger partial charge in [-0.1, -0.05) is 90.5 Å². The molecule has 5 nitrogen and oxygen atoms in total. The van der Waals surface area contributed by atoms with E-state index in [9.17, 15) is 10.1 Å². The Balaban J connectivity index is 1.42. The lowest BCUT2D eigenvalue weighted by molar-refractivity contribution is -0.126. The topological polar surface area (TPSA) is 52.3 Å². The SMILES string of the molecule is N#C/C(=C\c1cc(-c2ccccc2)n(-c2ccc(Cl)cc2)c1-c1ccccc1)C(=O)N1CCN(c2ccccc2)CC1. The molecular formula is C36H29ClN4O. The molecule has 1 fully saturated rings. The highest BCUT2D eigenvalue weighted by molar-refractivity contribution is 6.30. The first-order chi connectivity index (χ1) is 20.6. The predicted molar refractivity (Wildman–Crippen MR) is 170 cm³/mol. The van der Waals surface area contributed by atoms with Crippen molar-refractivity contribution >= 4 is 29.3 Å². The second-order valence-corrected chi connectivity index (χ2v) is 10.6. The number of amides is 1. The molecule has 1 aromatic heterocycles. The fourth-order valence-corrected chi connectivity index (χ4v) is 5.61.